The molecule has 1 amide bonds. The van der Waals surface area contributed by atoms with Crippen LogP contribution in [0.15, 0.2) is 30.3 Å². The standard InChI is InChI=1S/C16H20N4O2/c1-10(2)17-15-9-13(18-11(3)19-15)16(21)20-12-7-5-6-8-14(12)22-4/h5-10H,1-4H3,(H,20,21)(H,17,18,19). The van der Waals surface area contributed by atoms with Crippen LogP contribution in [0.5, 0.6) is 5.75 Å². The number of anilines is 2. The number of benzene rings is 1. The molecular weight excluding hydrogens is 280 g/mol. The number of aryl methyl sites for hydroxylation is 1. The molecule has 6 nitrogen and oxygen atoms in total. The van der Waals surface area contributed by atoms with Crippen molar-refractivity contribution in [1.82, 2.24) is 9.97 Å². The molecule has 22 heavy (non-hydrogen) atoms. The Morgan fingerprint density at radius 3 is 2.64 bits per heavy atom. The van der Waals surface area contributed by atoms with E-state index in [0.717, 1.165) is 0 Å². The SMILES string of the molecule is COc1ccccc1NC(=O)c1cc(NC(C)C)nc(C)n1. The maximum atomic E-state index is 12.4. The van der Waals surface area contributed by atoms with Crippen molar-refractivity contribution < 1.29 is 9.53 Å². The fourth-order valence-electron chi connectivity index (χ4n) is 1.99. The van der Waals surface area contributed by atoms with E-state index in [1.165, 1.54) is 0 Å². The van der Waals surface area contributed by atoms with Crippen LogP contribution in [0, 0.1) is 6.92 Å². The Balaban J connectivity index is 2.24. The van der Waals surface area contributed by atoms with Crippen LogP contribution in [-0.2, 0) is 0 Å². The van der Waals surface area contributed by atoms with Crippen molar-refractivity contribution in [3.05, 3.63) is 41.9 Å². The quantitative estimate of drug-likeness (QED) is 0.888. The number of amides is 1. The van der Waals surface area contributed by atoms with Gasteiger partial charge in [0.1, 0.15) is 23.1 Å². The molecule has 1 aromatic heterocycles. The number of para-hydroxylation sites is 2. The summed E-state index contributed by atoms with van der Waals surface area (Å²) in [5, 5.41) is 5.97. The third-order valence-electron chi connectivity index (χ3n) is 2.86. The largest absolute Gasteiger partial charge is 0.495 e. The maximum Gasteiger partial charge on any atom is 0.274 e. The van der Waals surface area contributed by atoms with Crippen LogP contribution >= 0.6 is 0 Å². The highest BCUT2D eigenvalue weighted by Crippen LogP contribution is 2.23. The number of hydrogen-bond donors (Lipinski definition) is 2. The molecule has 0 saturated heterocycles. The predicted molar refractivity (Wildman–Crippen MR) is 86.5 cm³/mol. The third-order valence-corrected chi connectivity index (χ3v) is 2.86. The number of nitrogens with one attached hydrogen (secondary N) is 2. The number of aromatic nitrogens is 2. The number of methoxy groups -OCH3 is 1. The second-order valence-electron chi connectivity index (χ2n) is 5.14. The van der Waals surface area contributed by atoms with Gasteiger partial charge in [0.25, 0.3) is 5.91 Å². The lowest BCUT2D eigenvalue weighted by Crippen LogP contribution is -2.17. The van der Waals surface area contributed by atoms with Gasteiger partial charge in [-0.05, 0) is 32.9 Å². The van der Waals surface area contributed by atoms with Gasteiger partial charge in [-0.2, -0.15) is 0 Å². The first-order valence-corrected chi connectivity index (χ1v) is 7.06. The molecule has 116 valence electrons. The number of carbonyl (C=O) groups excluding carboxylic acids is 1. The average Bonchev–Trinajstić information content (AvgIpc) is 2.46. The van der Waals surface area contributed by atoms with Gasteiger partial charge in [-0.25, -0.2) is 9.97 Å². The number of carbonyl (C=O) groups is 1. The topological polar surface area (TPSA) is 76.1 Å². The second-order valence-corrected chi connectivity index (χ2v) is 5.14. The van der Waals surface area contributed by atoms with Crippen molar-refractivity contribution in [2.24, 2.45) is 0 Å². The normalized spacial score (nSPS) is 10.4. The van der Waals surface area contributed by atoms with E-state index in [4.69, 9.17) is 4.74 Å². The third kappa shape index (κ3) is 3.94. The van der Waals surface area contributed by atoms with Crippen molar-refractivity contribution in [3.63, 3.8) is 0 Å². The van der Waals surface area contributed by atoms with Crippen molar-refractivity contribution in [2.45, 2.75) is 26.8 Å². The molecule has 1 aromatic carbocycles. The van der Waals surface area contributed by atoms with Gasteiger partial charge >= 0.3 is 0 Å². The molecule has 2 aromatic rings. The first kappa shape index (κ1) is 15.8. The van der Waals surface area contributed by atoms with Gasteiger partial charge < -0.3 is 15.4 Å². The minimum Gasteiger partial charge on any atom is -0.495 e. The van der Waals surface area contributed by atoms with Crippen molar-refractivity contribution in [1.29, 1.82) is 0 Å². The molecule has 0 aliphatic rings. The number of rotatable bonds is 5. The molecule has 0 aliphatic carbocycles. The molecule has 6 heteroatoms. The Kier molecular flexibility index (Phi) is 4.93. The zero-order chi connectivity index (χ0) is 16.1. The Bertz CT molecular complexity index is 671. The van der Waals surface area contributed by atoms with Crippen LogP contribution in [0.2, 0.25) is 0 Å². The summed E-state index contributed by atoms with van der Waals surface area (Å²) in [6.45, 7) is 5.77. The molecule has 2 rings (SSSR count). The van der Waals surface area contributed by atoms with Gasteiger partial charge in [-0.1, -0.05) is 12.1 Å². The Labute approximate surface area is 129 Å². The highest BCUT2D eigenvalue weighted by molar-refractivity contribution is 6.04. The zero-order valence-corrected chi connectivity index (χ0v) is 13.2. The Hall–Kier alpha value is -2.63. The molecular formula is C16H20N4O2. The van der Waals surface area contributed by atoms with Crippen molar-refractivity contribution in [3.8, 4) is 5.75 Å². The molecule has 1 heterocycles. The second kappa shape index (κ2) is 6.89. The van der Waals surface area contributed by atoms with E-state index < -0.39 is 0 Å². The molecule has 0 aliphatic heterocycles. The highest BCUT2D eigenvalue weighted by Gasteiger charge is 2.13. The Morgan fingerprint density at radius 2 is 1.95 bits per heavy atom. The zero-order valence-electron chi connectivity index (χ0n) is 13.2. The smallest absolute Gasteiger partial charge is 0.274 e. The molecule has 0 bridgehead atoms. The summed E-state index contributed by atoms with van der Waals surface area (Å²) in [7, 11) is 1.56. The van der Waals surface area contributed by atoms with Gasteiger partial charge in [-0.15, -0.1) is 0 Å². The molecule has 0 fully saturated rings. The summed E-state index contributed by atoms with van der Waals surface area (Å²) in [6.07, 6.45) is 0. The summed E-state index contributed by atoms with van der Waals surface area (Å²) < 4.78 is 5.22. The first-order valence-electron chi connectivity index (χ1n) is 7.06. The van der Waals surface area contributed by atoms with E-state index in [1.807, 2.05) is 26.0 Å². The number of hydrogen-bond acceptors (Lipinski definition) is 5. The van der Waals surface area contributed by atoms with Gasteiger partial charge in [-0.3, -0.25) is 4.79 Å². The monoisotopic (exact) mass is 300 g/mol. The molecule has 0 radical (unpaired) electrons. The van der Waals surface area contributed by atoms with E-state index in [9.17, 15) is 4.79 Å². The lowest BCUT2D eigenvalue weighted by atomic mass is 10.2. The minimum absolute atomic E-state index is 0.222. The van der Waals surface area contributed by atoms with Gasteiger partial charge in [0.2, 0.25) is 0 Å². The van der Waals surface area contributed by atoms with Crippen LogP contribution in [-0.4, -0.2) is 29.0 Å². The minimum atomic E-state index is -0.304. The van der Waals surface area contributed by atoms with E-state index in [0.29, 0.717) is 28.8 Å². The fraction of sp³-hybridized carbons (Fsp3) is 0.312. The summed E-state index contributed by atoms with van der Waals surface area (Å²) in [4.78, 5) is 20.8. The van der Waals surface area contributed by atoms with E-state index in [2.05, 4.69) is 20.6 Å². The lowest BCUT2D eigenvalue weighted by Gasteiger charge is -2.12. The van der Waals surface area contributed by atoms with Crippen LogP contribution in [0.4, 0.5) is 11.5 Å². The van der Waals surface area contributed by atoms with Crippen LogP contribution in [0.25, 0.3) is 0 Å². The number of nitrogens with zero attached hydrogens (tertiary/aromatic N) is 2. The van der Waals surface area contributed by atoms with Crippen molar-refractivity contribution >= 4 is 17.4 Å². The average molecular weight is 300 g/mol. The summed E-state index contributed by atoms with van der Waals surface area (Å²) in [5.74, 6) is 1.47. The summed E-state index contributed by atoms with van der Waals surface area (Å²) in [5.41, 5.74) is 0.909. The van der Waals surface area contributed by atoms with E-state index in [1.54, 1.807) is 32.2 Å². The van der Waals surface area contributed by atoms with E-state index in [-0.39, 0.29) is 11.9 Å². The van der Waals surface area contributed by atoms with E-state index >= 15 is 0 Å². The fourth-order valence-corrected chi connectivity index (χ4v) is 1.99. The number of ether oxygens (including phenoxy) is 1. The molecule has 0 saturated carbocycles. The molecule has 2 N–H and O–H groups in total. The van der Waals surface area contributed by atoms with Gasteiger partial charge in [0.05, 0.1) is 12.8 Å². The highest BCUT2D eigenvalue weighted by atomic mass is 16.5. The van der Waals surface area contributed by atoms with Crippen molar-refractivity contribution in [2.75, 3.05) is 17.7 Å². The molecule has 0 spiro atoms. The molecule has 0 atom stereocenters. The van der Waals surface area contributed by atoms with Crippen LogP contribution < -0.4 is 15.4 Å². The van der Waals surface area contributed by atoms with Gasteiger partial charge in [0.15, 0.2) is 0 Å². The lowest BCUT2D eigenvalue weighted by molar-refractivity contribution is 0.102. The first-order chi connectivity index (χ1) is 10.5. The van der Waals surface area contributed by atoms with Crippen LogP contribution in [0.3, 0.4) is 0 Å². The predicted octanol–water partition coefficient (Wildman–Crippen LogP) is 2.87. The molecule has 0 unspecified atom stereocenters. The van der Waals surface area contributed by atoms with Crippen LogP contribution in [0.1, 0.15) is 30.2 Å². The maximum absolute atomic E-state index is 12.4. The summed E-state index contributed by atoms with van der Waals surface area (Å²) >= 11 is 0. The Morgan fingerprint density at radius 1 is 1.23 bits per heavy atom. The summed E-state index contributed by atoms with van der Waals surface area (Å²) in [6, 6.07) is 9.09. The van der Waals surface area contributed by atoms with Gasteiger partial charge in [0, 0.05) is 12.1 Å².